The average Bonchev–Trinajstić information content (AvgIpc) is 3.40. The number of carbonyl (C=O) groups is 1. The predicted octanol–water partition coefficient (Wildman–Crippen LogP) is 2.96. The molecule has 1 aromatic heterocycles. The summed E-state index contributed by atoms with van der Waals surface area (Å²) in [6.45, 7) is 6.87. The number of aliphatic hydroxyl groups is 1. The third-order valence-electron chi connectivity index (χ3n) is 7.58. The van der Waals surface area contributed by atoms with Crippen molar-refractivity contribution in [1.82, 2.24) is 9.88 Å². The molecule has 5 rings (SSSR count). The van der Waals surface area contributed by atoms with Crippen LogP contribution in [-0.4, -0.2) is 53.7 Å². The quantitative estimate of drug-likeness (QED) is 0.743. The molecule has 2 saturated heterocycles. The molecule has 0 bridgehead atoms. The first-order chi connectivity index (χ1) is 15.5. The summed E-state index contributed by atoms with van der Waals surface area (Å²) >= 11 is 0. The van der Waals surface area contributed by atoms with Crippen molar-refractivity contribution in [3.05, 3.63) is 58.4 Å². The summed E-state index contributed by atoms with van der Waals surface area (Å²) < 4.78 is 5.14. The van der Waals surface area contributed by atoms with Gasteiger partial charge >= 0.3 is 5.97 Å². The Balaban J connectivity index is 1.18. The van der Waals surface area contributed by atoms with Crippen molar-refractivity contribution in [2.24, 2.45) is 5.41 Å². The molecule has 7 heteroatoms. The van der Waals surface area contributed by atoms with Crippen LogP contribution in [0.25, 0.3) is 0 Å². The third kappa shape index (κ3) is 3.74. The minimum atomic E-state index is -0.574. The molecule has 166 valence electrons. The molecule has 0 radical (unpaired) electrons. The summed E-state index contributed by atoms with van der Waals surface area (Å²) in [5.74, 6) is -0.270. The average molecular weight is 433 g/mol. The molecular formula is C25H28N4O3. The lowest BCUT2D eigenvalue weighted by Crippen LogP contribution is -2.43. The number of fused-ring (bicyclic) bond motifs is 1. The van der Waals surface area contributed by atoms with Gasteiger partial charge in [-0.25, -0.2) is 9.78 Å². The first-order valence-corrected chi connectivity index (χ1v) is 11.3. The van der Waals surface area contributed by atoms with Crippen molar-refractivity contribution in [1.29, 1.82) is 5.26 Å². The van der Waals surface area contributed by atoms with Gasteiger partial charge in [0.1, 0.15) is 18.4 Å². The zero-order chi connectivity index (χ0) is 22.3. The molecule has 32 heavy (non-hydrogen) atoms. The fourth-order valence-electron chi connectivity index (χ4n) is 5.48. The number of ether oxygens (including phenoxy) is 1. The topological polar surface area (TPSA) is 89.7 Å². The van der Waals surface area contributed by atoms with Gasteiger partial charge in [-0.2, -0.15) is 5.26 Å². The van der Waals surface area contributed by atoms with Crippen LogP contribution in [0.3, 0.4) is 0 Å². The number of piperidine rings is 1. The van der Waals surface area contributed by atoms with Gasteiger partial charge in [0.25, 0.3) is 0 Å². The lowest BCUT2D eigenvalue weighted by Gasteiger charge is -2.40. The molecule has 0 aliphatic carbocycles. The summed E-state index contributed by atoms with van der Waals surface area (Å²) in [7, 11) is 0. The molecule has 1 atom stereocenters. The Kier molecular flexibility index (Phi) is 5.36. The van der Waals surface area contributed by atoms with Gasteiger partial charge in [0.05, 0.1) is 23.6 Å². The van der Waals surface area contributed by atoms with E-state index in [1.807, 2.05) is 19.1 Å². The summed E-state index contributed by atoms with van der Waals surface area (Å²) in [5, 5.41) is 19.9. The Morgan fingerprint density at radius 1 is 1.22 bits per heavy atom. The van der Waals surface area contributed by atoms with Crippen LogP contribution in [0.4, 0.5) is 5.69 Å². The molecule has 1 spiro atoms. The minimum absolute atomic E-state index is 0.270. The van der Waals surface area contributed by atoms with Gasteiger partial charge in [-0.05, 0) is 74.0 Å². The molecule has 4 heterocycles. The van der Waals surface area contributed by atoms with E-state index in [-0.39, 0.29) is 5.97 Å². The van der Waals surface area contributed by atoms with Gasteiger partial charge < -0.3 is 19.6 Å². The second-order valence-corrected chi connectivity index (χ2v) is 9.38. The highest BCUT2D eigenvalue weighted by Gasteiger charge is 2.41. The van der Waals surface area contributed by atoms with E-state index in [2.05, 4.69) is 20.9 Å². The number of carbonyl (C=O) groups excluding carboxylic acids is 1. The van der Waals surface area contributed by atoms with Gasteiger partial charge in [0.2, 0.25) is 0 Å². The zero-order valence-electron chi connectivity index (χ0n) is 18.4. The maximum Gasteiger partial charge on any atom is 0.338 e. The number of nitriles is 1. The predicted molar refractivity (Wildman–Crippen MR) is 119 cm³/mol. The number of cyclic esters (lactones) is 1. The first kappa shape index (κ1) is 20.9. The highest BCUT2D eigenvalue weighted by atomic mass is 16.5. The lowest BCUT2D eigenvalue weighted by atomic mass is 9.77. The van der Waals surface area contributed by atoms with E-state index in [1.54, 1.807) is 18.3 Å². The Bertz CT molecular complexity index is 1070. The highest BCUT2D eigenvalue weighted by Crippen LogP contribution is 2.42. The molecule has 1 unspecified atom stereocenters. The van der Waals surface area contributed by atoms with Gasteiger partial charge in [-0.1, -0.05) is 6.07 Å². The summed E-state index contributed by atoms with van der Waals surface area (Å²) in [4.78, 5) is 20.7. The number of aromatic nitrogens is 1. The maximum atomic E-state index is 11.8. The fraction of sp³-hybridized carbons (Fsp3) is 0.480. The van der Waals surface area contributed by atoms with Gasteiger partial charge in [-0.15, -0.1) is 0 Å². The molecule has 1 aromatic carbocycles. The second-order valence-electron chi connectivity index (χ2n) is 9.38. The molecular weight excluding hydrogens is 404 g/mol. The highest BCUT2D eigenvalue weighted by molar-refractivity contribution is 5.93. The van der Waals surface area contributed by atoms with Crippen LogP contribution in [0, 0.1) is 23.7 Å². The number of nitrogens with zero attached hydrogens (tertiary/aromatic N) is 4. The molecule has 3 aliphatic heterocycles. The van der Waals surface area contributed by atoms with Crippen molar-refractivity contribution in [2.45, 2.75) is 38.9 Å². The number of anilines is 1. The summed E-state index contributed by atoms with van der Waals surface area (Å²) in [6.07, 6.45) is 4.63. The first-order valence-electron chi connectivity index (χ1n) is 11.3. The van der Waals surface area contributed by atoms with E-state index in [0.717, 1.165) is 61.4 Å². The van der Waals surface area contributed by atoms with E-state index in [0.29, 0.717) is 29.8 Å². The van der Waals surface area contributed by atoms with Crippen LogP contribution >= 0.6 is 0 Å². The summed E-state index contributed by atoms with van der Waals surface area (Å²) in [5.41, 5.74) is 5.26. The third-order valence-corrected chi connectivity index (χ3v) is 7.58. The van der Waals surface area contributed by atoms with Gasteiger partial charge in [-0.3, -0.25) is 0 Å². The van der Waals surface area contributed by atoms with E-state index in [1.165, 1.54) is 6.42 Å². The largest absolute Gasteiger partial charge is 0.457 e. The Hall–Kier alpha value is -2.95. The maximum absolute atomic E-state index is 11.8. The van der Waals surface area contributed by atoms with Crippen LogP contribution in [0.1, 0.15) is 58.1 Å². The Morgan fingerprint density at radius 2 is 2.00 bits per heavy atom. The number of likely N-dealkylation sites (tertiary alicyclic amines) is 1. The van der Waals surface area contributed by atoms with Crippen molar-refractivity contribution in [3.63, 3.8) is 0 Å². The monoisotopic (exact) mass is 432 g/mol. The molecule has 1 N–H and O–H groups in total. The molecule has 7 nitrogen and oxygen atoms in total. The Labute approximate surface area is 188 Å². The van der Waals surface area contributed by atoms with Crippen molar-refractivity contribution in [3.8, 4) is 6.07 Å². The lowest BCUT2D eigenvalue weighted by molar-refractivity contribution is 0.0534. The van der Waals surface area contributed by atoms with E-state index >= 15 is 0 Å². The zero-order valence-corrected chi connectivity index (χ0v) is 18.4. The van der Waals surface area contributed by atoms with Crippen LogP contribution in [-0.2, 0) is 11.3 Å². The van der Waals surface area contributed by atoms with Crippen LogP contribution in [0.5, 0.6) is 0 Å². The number of β-amino-alcohol motifs (C(OH)–C–C–N with tert-alkyl or cyclic N) is 1. The van der Waals surface area contributed by atoms with E-state index in [4.69, 9.17) is 10.00 Å². The van der Waals surface area contributed by atoms with Crippen molar-refractivity contribution >= 4 is 11.7 Å². The van der Waals surface area contributed by atoms with Crippen molar-refractivity contribution < 1.29 is 14.6 Å². The number of rotatable bonds is 4. The number of esters is 1. The van der Waals surface area contributed by atoms with Crippen LogP contribution < -0.4 is 4.90 Å². The van der Waals surface area contributed by atoms with Gasteiger partial charge in [0.15, 0.2) is 0 Å². The standard InChI is InChI=1S/C25H28N4O3/c1-17-20(4-5-21-22(17)15-32-24(21)31)23(30)14-28-9-6-25(7-10-28)8-11-29(16-25)19-3-2-18(12-26)27-13-19/h2-5,13,23,30H,6-11,14-16H2,1H3. The van der Waals surface area contributed by atoms with E-state index in [9.17, 15) is 9.90 Å². The normalized spacial score (nSPS) is 20.8. The second kappa shape index (κ2) is 8.19. The number of hydrogen-bond donors (Lipinski definition) is 1. The number of aliphatic hydroxyl groups excluding tert-OH is 1. The fourth-order valence-corrected chi connectivity index (χ4v) is 5.48. The number of pyridine rings is 1. The molecule has 0 amide bonds. The van der Waals surface area contributed by atoms with E-state index < -0.39 is 6.10 Å². The minimum Gasteiger partial charge on any atom is -0.457 e. The van der Waals surface area contributed by atoms with Crippen molar-refractivity contribution in [2.75, 3.05) is 37.6 Å². The smallest absolute Gasteiger partial charge is 0.338 e. The van der Waals surface area contributed by atoms with Crippen LogP contribution in [0.15, 0.2) is 30.5 Å². The SMILES string of the molecule is Cc1c(C(O)CN2CCC3(CC2)CCN(c2ccc(C#N)nc2)C3)ccc2c1COC2=O. The molecule has 3 aliphatic rings. The molecule has 2 fully saturated rings. The number of benzene rings is 1. The number of hydrogen-bond acceptors (Lipinski definition) is 7. The summed E-state index contributed by atoms with van der Waals surface area (Å²) in [6, 6.07) is 9.51. The Morgan fingerprint density at radius 3 is 2.72 bits per heavy atom. The molecule has 2 aromatic rings. The van der Waals surface area contributed by atoms with Crippen LogP contribution in [0.2, 0.25) is 0 Å². The van der Waals surface area contributed by atoms with Gasteiger partial charge in [0, 0.05) is 25.2 Å². The molecule has 0 saturated carbocycles.